The molecule has 8 heteroatoms. The van der Waals surface area contributed by atoms with E-state index in [1.54, 1.807) is 4.31 Å². The summed E-state index contributed by atoms with van der Waals surface area (Å²) in [7, 11) is -3.75. The number of fused-ring (bicyclic) bond motifs is 1. The molecule has 0 radical (unpaired) electrons. The van der Waals surface area contributed by atoms with Gasteiger partial charge in [0.25, 0.3) is 5.91 Å². The van der Waals surface area contributed by atoms with Gasteiger partial charge in [0.1, 0.15) is 4.90 Å². The van der Waals surface area contributed by atoms with Gasteiger partial charge in [-0.1, -0.05) is 19.8 Å². The van der Waals surface area contributed by atoms with E-state index < -0.39 is 10.0 Å². The highest BCUT2D eigenvalue weighted by Crippen LogP contribution is 2.37. The van der Waals surface area contributed by atoms with E-state index in [9.17, 15) is 13.2 Å². The quantitative estimate of drug-likeness (QED) is 0.694. The number of piperazine rings is 1. The van der Waals surface area contributed by atoms with E-state index in [1.165, 1.54) is 0 Å². The molecule has 3 heterocycles. The fourth-order valence-electron chi connectivity index (χ4n) is 4.89. The summed E-state index contributed by atoms with van der Waals surface area (Å²) in [6.07, 6.45) is 4.25. The first-order valence-corrected chi connectivity index (χ1v) is 13.2. The maximum Gasteiger partial charge on any atom is 0.289 e. The number of nitrogens with zero attached hydrogens (tertiary/aromatic N) is 3. The van der Waals surface area contributed by atoms with Gasteiger partial charge in [-0.25, -0.2) is 8.42 Å². The molecule has 1 aromatic carbocycles. The lowest BCUT2D eigenvalue weighted by molar-refractivity contribution is 0.0730. The minimum absolute atomic E-state index is 0.129. The molecule has 0 bridgehead atoms. The van der Waals surface area contributed by atoms with E-state index in [2.05, 4.69) is 11.8 Å². The molecule has 2 aliphatic rings. The first-order valence-electron chi connectivity index (χ1n) is 11.8. The van der Waals surface area contributed by atoms with Gasteiger partial charge in [0.05, 0.1) is 0 Å². The number of hydrogen-bond acceptors (Lipinski definition) is 5. The van der Waals surface area contributed by atoms with Crippen LogP contribution in [0.1, 0.15) is 59.9 Å². The second-order valence-electron chi connectivity index (χ2n) is 9.13. The zero-order chi connectivity index (χ0) is 23.0. The van der Waals surface area contributed by atoms with Crippen molar-refractivity contribution in [3.8, 4) is 0 Å². The van der Waals surface area contributed by atoms with Crippen LogP contribution >= 0.6 is 0 Å². The molecule has 1 aromatic heterocycles. The Morgan fingerprint density at radius 3 is 2.16 bits per heavy atom. The molecule has 1 amide bonds. The number of benzene rings is 1. The van der Waals surface area contributed by atoms with Crippen LogP contribution in [0.4, 0.5) is 0 Å². The molecule has 0 aliphatic carbocycles. The molecule has 0 unspecified atom stereocenters. The number of likely N-dealkylation sites (tertiary alicyclic amines) is 1. The van der Waals surface area contributed by atoms with Crippen LogP contribution in [0.2, 0.25) is 0 Å². The van der Waals surface area contributed by atoms with Gasteiger partial charge in [-0.15, -0.1) is 0 Å². The van der Waals surface area contributed by atoms with Crippen molar-refractivity contribution >= 4 is 26.9 Å². The zero-order valence-electron chi connectivity index (χ0n) is 19.7. The van der Waals surface area contributed by atoms with Crippen molar-refractivity contribution in [2.24, 2.45) is 0 Å². The minimum atomic E-state index is -3.75. The maximum absolute atomic E-state index is 13.8. The predicted molar refractivity (Wildman–Crippen MR) is 126 cm³/mol. The summed E-state index contributed by atoms with van der Waals surface area (Å²) in [5.41, 5.74) is 2.63. The van der Waals surface area contributed by atoms with Crippen LogP contribution in [0.3, 0.4) is 0 Å². The van der Waals surface area contributed by atoms with E-state index >= 15 is 0 Å². The van der Waals surface area contributed by atoms with Crippen molar-refractivity contribution in [2.75, 3.05) is 45.8 Å². The van der Waals surface area contributed by atoms with E-state index in [0.717, 1.165) is 74.9 Å². The first-order chi connectivity index (χ1) is 15.3. The monoisotopic (exact) mass is 461 g/mol. The minimum Gasteiger partial charge on any atom is -0.449 e. The number of carbonyl (C=O) groups is 1. The lowest BCUT2D eigenvalue weighted by atomic mass is 10.0. The number of aryl methyl sites for hydroxylation is 2. The molecule has 4 rings (SSSR count). The van der Waals surface area contributed by atoms with Crippen LogP contribution in [-0.4, -0.2) is 74.2 Å². The Labute approximate surface area is 191 Å². The molecule has 2 fully saturated rings. The number of carbonyl (C=O) groups excluding carboxylic acids is 1. The summed E-state index contributed by atoms with van der Waals surface area (Å²) < 4.78 is 35.2. The van der Waals surface area contributed by atoms with Crippen LogP contribution in [0.15, 0.2) is 15.4 Å². The van der Waals surface area contributed by atoms with Crippen LogP contribution < -0.4 is 0 Å². The summed E-state index contributed by atoms with van der Waals surface area (Å²) in [4.78, 5) is 17.6. The van der Waals surface area contributed by atoms with Crippen LogP contribution in [0, 0.1) is 20.8 Å². The van der Waals surface area contributed by atoms with Crippen LogP contribution in [0.5, 0.6) is 0 Å². The third-order valence-corrected chi connectivity index (χ3v) is 9.21. The van der Waals surface area contributed by atoms with E-state index in [0.29, 0.717) is 24.2 Å². The fourth-order valence-corrected chi connectivity index (χ4v) is 6.73. The van der Waals surface area contributed by atoms with Crippen LogP contribution in [-0.2, 0) is 10.0 Å². The van der Waals surface area contributed by atoms with Gasteiger partial charge in [-0.2, -0.15) is 4.31 Å². The number of furan rings is 1. The molecule has 2 saturated heterocycles. The Morgan fingerprint density at radius 2 is 1.56 bits per heavy atom. The smallest absolute Gasteiger partial charge is 0.289 e. The van der Waals surface area contributed by atoms with E-state index in [-0.39, 0.29) is 16.6 Å². The van der Waals surface area contributed by atoms with Crippen molar-refractivity contribution in [3.63, 3.8) is 0 Å². The molecule has 2 aliphatic heterocycles. The molecule has 2 aromatic rings. The number of amides is 1. The van der Waals surface area contributed by atoms with Gasteiger partial charge in [-0.3, -0.25) is 4.79 Å². The van der Waals surface area contributed by atoms with Crippen LogP contribution in [0.25, 0.3) is 11.0 Å². The molecule has 32 heavy (non-hydrogen) atoms. The van der Waals surface area contributed by atoms with E-state index in [1.807, 2.05) is 31.7 Å². The highest BCUT2D eigenvalue weighted by molar-refractivity contribution is 7.89. The summed E-state index contributed by atoms with van der Waals surface area (Å²) in [5.74, 6) is 0.148. The Kier molecular flexibility index (Phi) is 6.66. The Hall–Kier alpha value is -1.90. The van der Waals surface area contributed by atoms with Gasteiger partial charge < -0.3 is 14.2 Å². The zero-order valence-corrected chi connectivity index (χ0v) is 20.6. The molecule has 0 N–H and O–H groups in total. The second-order valence-corrected chi connectivity index (χ2v) is 11.0. The van der Waals surface area contributed by atoms with Gasteiger partial charge in [0, 0.05) is 50.2 Å². The average molecular weight is 462 g/mol. The second kappa shape index (κ2) is 9.15. The lowest BCUT2D eigenvalue weighted by Crippen LogP contribution is -2.48. The summed E-state index contributed by atoms with van der Waals surface area (Å²) >= 11 is 0. The largest absolute Gasteiger partial charge is 0.449 e. The molecule has 0 atom stereocenters. The third-order valence-electron chi connectivity index (χ3n) is 7.16. The third kappa shape index (κ3) is 4.08. The van der Waals surface area contributed by atoms with Gasteiger partial charge in [0.2, 0.25) is 10.0 Å². The fraction of sp³-hybridized carbons (Fsp3) is 0.625. The Bertz CT molecular complexity index is 1110. The van der Waals surface area contributed by atoms with E-state index in [4.69, 9.17) is 4.42 Å². The molecule has 7 nitrogen and oxygen atoms in total. The molecular weight excluding hydrogens is 426 g/mol. The number of rotatable bonds is 4. The first kappa shape index (κ1) is 23.3. The molecule has 0 saturated carbocycles. The number of hydrogen-bond donors (Lipinski definition) is 0. The molecular formula is C24H35N3O4S. The van der Waals surface area contributed by atoms with Crippen molar-refractivity contribution in [1.29, 1.82) is 0 Å². The number of likely N-dealkylation sites (N-methyl/N-ethyl adjacent to an activating group) is 1. The average Bonchev–Trinajstić information content (AvgIpc) is 2.96. The highest BCUT2D eigenvalue weighted by atomic mass is 32.2. The van der Waals surface area contributed by atoms with Gasteiger partial charge >= 0.3 is 0 Å². The van der Waals surface area contributed by atoms with Gasteiger partial charge in [0.15, 0.2) is 11.3 Å². The molecule has 176 valence electrons. The standard InChI is InChI=1S/C24H35N3O4S/c1-5-25-12-14-27(15-13-25)32(29,30)23-18(3)17(2)16-20-19(4)21(31-22(20)23)24(28)26-10-8-6-7-9-11-26/h16H,5-15H2,1-4H3. The van der Waals surface area contributed by atoms with Crippen molar-refractivity contribution in [2.45, 2.75) is 58.3 Å². The van der Waals surface area contributed by atoms with Crippen molar-refractivity contribution < 1.29 is 17.6 Å². The predicted octanol–water partition coefficient (Wildman–Crippen LogP) is 3.70. The van der Waals surface area contributed by atoms with Gasteiger partial charge in [-0.05, 0) is 57.4 Å². The SMILES string of the molecule is CCN1CCN(S(=O)(=O)c2c(C)c(C)cc3c(C)c(C(=O)N4CCCCCC4)oc23)CC1. The lowest BCUT2D eigenvalue weighted by Gasteiger charge is -2.33. The topological polar surface area (TPSA) is 74.1 Å². The maximum atomic E-state index is 13.8. The van der Waals surface area contributed by atoms with Crippen molar-refractivity contribution in [3.05, 3.63) is 28.5 Å². The number of sulfonamides is 1. The summed E-state index contributed by atoms with van der Waals surface area (Å²) in [5, 5.41) is 0.719. The summed E-state index contributed by atoms with van der Waals surface area (Å²) in [6.45, 7) is 12.4. The Morgan fingerprint density at radius 1 is 0.938 bits per heavy atom. The highest BCUT2D eigenvalue weighted by Gasteiger charge is 2.34. The molecule has 0 spiro atoms. The van der Waals surface area contributed by atoms with Crippen molar-refractivity contribution in [1.82, 2.24) is 14.1 Å². The summed E-state index contributed by atoms with van der Waals surface area (Å²) in [6, 6.07) is 1.96. The normalized spacial score (nSPS) is 19.4. The Balaban J connectivity index is 1.79.